The second kappa shape index (κ2) is 3.93. The Morgan fingerprint density at radius 3 is 1.67 bits per heavy atom. The lowest BCUT2D eigenvalue weighted by atomic mass is 9.93. The third-order valence-corrected chi connectivity index (χ3v) is 2.97. The molecular weight excluding hydrogens is 192 g/mol. The lowest BCUT2D eigenvalue weighted by Gasteiger charge is -2.16. The van der Waals surface area contributed by atoms with Crippen molar-refractivity contribution in [1.82, 2.24) is 0 Å². The average Bonchev–Trinajstić information content (AvgIpc) is 2.16. The molecule has 0 radical (unpaired) electrons. The van der Waals surface area contributed by atoms with Gasteiger partial charge in [-0.25, -0.2) is 4.79 Å². The fourth-order valence-electron chi connectivity index (χ4n) is 1.91. The molecule has 0 aromatic heterocycles. The predicted molar refractivity (Wildman–Crippen MR) is 58.9 cm³/mol. The van der Waals surface area contributed by atoms with Gasteiger partial charge < -0.3 is 9.84 Å². The van der Waals surface area contributed by atoms with E-state index in [1.807, 2.05) is 27.7 Å². The van der Waals surface area contributed by atoms with Crippen molar-refractivity contribution in [2.24, 2.45) is 0 Å². The van der Waals surface area contributed by atoms with Gasteiger partial charge >= 0.3 is 5.97 Å². The average molecular weight is 208 g/mol. The smallest absolute Gasteiger partial charge is 0.336 e. The summed E-state index contributed by atoms with van der Waals surface area (Å²) in [6.45, 7) is 7.39. The van der Waals surface area contributed by atoms with Gasteiger partial charge in [-0.3, -0.25) is 0 Å². The largest absolute Gasteiger partial charge is 0.496 e. The molecule has 0 saturated heterocycles. The Kier molecular flexibility index (Phi) is 3.03. The number of carboxylic acid groups (broad SMARTS) is 1. The fourth-order valence-corrected chi connectivity index (χ4v) is 1.91. The first kappa shape index (κ1) is 11.6. The molecule has 0 heterocycles. The molecule has 3 heteroatoms. The van der Waals surface area contributed by atoms with Crippen molar-refractivity contribution in [1.29, 1.82) is 0 Å². The summed E-state index contributed by atoms with van der Waals surface area (Å²) in [6, 6.07) is 0. The van der Waals surface area contributed by atoms with Crippen LogP contribution in [0.2, 0.25) is 0 Å². The van der Waals surface area contributed by atoms with E-state index in [4.69, 9.17) is 9.84 Å². The third-order valence-electron chi connectivity index (χ3n) is 2.97. The third kappa shape index (κ3) is 1.69. The van der Waals surface area contributed by atoms with Gasteiger partial charge in [0.05, 0.1) is 12.7 Å². The van der Waals surface area contributed by atoms with Gasteiger partial charge in [0.15, 0.2) is 0 Å². The topological polar surface area (TPSA) is 46.5 Å². The molecule has 0 fully saturated rings. The van der Waals surface area contributed by atoms with Crippen molar-refractivity contribution >= 4 is 5.97 Å². The Morgan fingerprint density at radius 2 is 1.40 bits per heavy atom. The Labute approximate surface area is 89.7 Å². The van der Waals surface area contributed by atoms with Gasteiger partial charge in [0.2, 0.25) is 0 Å². The van der Waals surface area contributed by atoms with E-state index in [0.717, 1.165) is 28.0 Å². The Hall–Kier alpha value is -1.51. The van der Waals surface area contributed by atoms with Crippen LogP contribution in [-0.4, -0.2) is 18.2 Å². The van der Waals surface area contributed by atoms with Gasteiger partial charge in [0, 0.05) is 0 Å². The SMILES string of the molecule is COc1c(C)c(C)c(C(=O)O)c(C)c1C. The molecule has 0 amide bonds. The predicted octanol–water partition coefficient (Wildman–Crippen LogP) is 2.63. The van der Waals surface area contributed by atoms with Crippen molar-refractivity contribution in [2.45, 2.75) is 27.7 Å². The molecule has 1 aromatic carbocycles. The molecule has 0 aliphatic rings. The van der Waals surface area contributed by atoms with Gasteiger partial charge in [0.1, 0.15) is 5.75 Å². The van der Waals surface area contributed by atoms with Crippen LogP contribution in [0.4, 0.5) is 0 Å². The number of rotatable bonds is 2. The number of hydrogen-bond acceptors (Lipinski definition) is 2. The monoisotopic (exact) mass is 208 g/mol. The normalized spacial score (nSPS) is 10.2. The summed E-state index contributed by atoms with van der Waals surface area (Å²) in [4.78, 5) is 11.1. The number of methoxy groups -OCH3 is 1. The maximum Gasteiger partial charge on any atom is 0.336 e. The standard InChI is InChI=1S/C12H16O3/c1-6-8(3)11(15-5)9(4)7(2)10(6)12(13)14/h1-5H3,(H,13,14). The molecule has 0 bridgehead atoms. The van der Waals surface area contributed by atoms with E-state index < -0.39 is 5.97 Å². The van der Waals surface area contributed by atoms with Crippen molar-refractivity contribution in [3.8, 4) is 5.75 Å². The number of carboxylic acids is 1. The van der Waals surface area contributed by atoms with Crippen LogP contribution in [0.1, 0.15) is 32.6 Å². The summed E-state index contributed by atoms with van der Waals surface area (Å²) in [7, 11) is 1.61. The molecule has 0 atom stereocenters. The number of aromatic carboxylic acids is 1. The maximum absolute atomic E-state index is 11.1. The molecule has 0 spiro atoms. The van der Waals surface area contributed by atoms with E-state index in [2.05, 4.69) is 0 Å². The number of carbonyl (C=O) groups is 1. The summed E-state index contributed by atoms with van der Waals surface area (Å²) in [5.74, 6) is -0.0890. The molecule has 0 aliphatic heterocycles. The lowest BCUT2D eigenvalue weighted by molar-refractivity contribution is 0.0695. The van der Waals surface area contributed by atoms with Gasteiger partial charge in [-0.1, -0.05) is 0 Å². The minimum atomic E-state index is -0.876. The highest BCUT2D eigenvalue weighted by molar-refractivity contribution is 5.92. The minimum Gasteiger partial charge on any atom is -0.496 e. The van der Waals surface area contributed by atoms with Crippen LogP contribution in [0.15, 0.2) is 0 Å². The van der Waals surface area contributed by atoms with E-state index in [1.165, 1.54) is 0 Å². The summed E-state index contributed by atoms with van der Waals surface area (Å²) in [5.41, 5.74) is 3.76. The molecule has 1 aromatic rings. The highest BCUT2D eigenvalue weighted by atomic mass is 16.5. The van der Waals surface area contributed by atoms with Gasteiger partial charge in [0.25, 0.3) is 0 Å². The second-order valence-corrected chi connectivity index (χ2v) is 3.71. The Balaban J connectivity index is 3.66. The van der Waals surface area contributed by atoms with Crippen molar-refractivity contribution < 1.29 is 14.6 Å². The Morgan fingerprint density at radius 1 is 1.00 bits per heavy atom. The zero-order valence-corrected chi connectivity index (χ0v) is 9.76. The molecule has 3 nitrogen and oxygen atoms in total. The van der Waals surface area contributed by atoms with Crippen LogP contribution < -0.4 is 4.74 Å². The first-order chi connectivity index (χ1) is 6.91. The summed E-state index contributed by atoms with van der Waals surface area (Å²) in [5, 5.41) is 9.12. The molecule has 0 aliphatic carbocycles. The highest BCUT2D eigenvalue weighted by Crippen LogP contribution is 2.32. The maximum atomic E-state index is 11.1. The molecule has 15 heavy (non-hydrogen) atoms. The molecular formula is C12H16O3. The van der Waals surface area contributed by atoms with E-state index >= 15 is 0 Å². The van der Waals surface area contributed by atoms with Crippen molar-refractivity contribution in [3.05, 3.63) is 27.8 Å². The first-order valence-electron chi connectivity index (χ1n) is 4.79. The van der Waals surface area contributed by atoms with Crippen LogP contribution in [0.25, 0.3) is 0 Å². The fraction of sp³-hybridized carbons (Fsp3) is 0.417. The molecule has 1 N–H and O–H groups in total. The summed E-state index contributed by atoms with van der Waals surface area (Å²) in [6.07, 6.45) is 0. The van der Waals surface area contributed by atoms with E-state index in [1.54, 1.807) is 7.11 Å². The van der Waals surface area contributed by atoms with Crippen molar-refractivity contribution in [3.63, 3.8) is 0 Å². The minimum absolute atomic E-state index is 0.394. The van der Waals surface area contributed by atoms with Crippen LogP contribution in [-0.2, 0) is 0 Å². The zero-order valence-electron chi connectivity index (χ0n) is 9.76. The number of hydrogen-bond donors (Lipinski definition) is 1. The highest BCUT2D eigenvalue weighted by Gasteiger charge is 2.19. The summed E-state index contributed by atoms with van der Waals surface area (Å²) >= 11 is 0. The lowest BCUT2D eigenvalue weighted by Crippen LogP contribution is -2.08. The van der Waals surface area contributed by atoms with Crippen LogP contribution >= 0.6 is 0 Å². The van der Waals surface area contributed by atoms with Crippen LogP contribution in [0, 0.1) is 27.7 Å². The first-order valence-corrected chi connectivity index (χ1v) is 4.79. The van der Waals surface area contributed by atoms with E-state index in [0.29, 0.717) is 5.56 Å². The molecule has 0 unspecified atom stereocenters. The van der Waals surface area contributed by atoms with Gasteiger partial charge in [-0.15, -0.1) is 0 Å². The quantitative estimate of drug-likeness (QED) is 0.812. The molecule has 82 valence electrons. The van der Waals surface area contributed by atoms with Crippen LogP contribution in [0.3, 0.4) is 0 Å². The summed E-state index contributed by atoms with van der Waals surface area (Å²) < 4.78 is 5.28. The Bertz CT molecular complexity index is 390. The van der Waals surface area contributed by atoms with Crippen molar-refractivity contribution in [2.75, 3.05) is 7.11 Å². The molecule has 1 rings (SSSR count). The zero-order chi connectivity index (χ0) is 11.7. The molecule has 0 saturated carbocycles. The van der Waals surface area contributed by atoms with E-state index in [-0.39, 0.29) is 0 Å². The number of benzene rings is 1. The van der Waals surface area contributed by atoms with E-state index in [9.17, 15) is 4.79 Å². The van der Waals surface area contributed by atoms with Gasteiger partial charge in [-0.05, 0) is 49.9 Å². The van der Waals surface area contributed by atoms with Gasteiger partial charge in [-0.2, -0.15) is 0 Å². The van der Waals surface area contributed by atoms with Crippen LogP contribution in [0.5, 0.6) is 5.75 Å². The second-order valence-electron chi connectivity index (χ2n) is 3.71. The number of ether oxygens (including phenoxy) is 1.